The third-order valence-corrected chi connectivity index (χ3v) is 4.92. The van der Waals surface area contributed by atoms with Gasteiger partial charge in [-0.05, 0) is 42.4 Å². The van der Waals surface area contributed by atoms with Crippen LogP contribution in [0.15, 0.2) is 42.5 Å². The van der Waals surface area contributed by atoms with E-state index in [0.29, 0.717) is 17.7 Å². The Hall–Kier alpha value is -2.16. The summed E-state index contributed by atoms with van der Waals surface area (Å²) in [6.07, 6.45) is -5.15. The number of piperazine rings is 1. The molecule has 0 radical (unpaired) electrons. The fourth-order valence-electron chi connectivity index (χ4n) is 3.24. The second-order valence-corrected chi connectivity index (χ2v) is 7.32. The highest BCUT2D eigenvalue weighted by Crippen LogP contribution is 2.32. The fourth-order valence-corrected chi connectivity index (χ4v) is 3.24. The van der Waals surface area contributed by atoms with Crippen molar-refractivity contribution in [3.05, 3.63) is 53.8 Å². The van der Waals surface area contributed by atoms with Crippen molar-refractivity contribution in [3.8, 4) is 16.9 Å². The highest BCUT2D eigenvalue weighted by molar-refractivity contribution is 5.65. The lowest BCUT2D eigenvalue weighted by Crippen LogP contribution is -2.47. The Kier molecular flexibility index (Phi) is 6.77. The predicted molar refractivity (Wildman–Crippen MR) is 102 cm³/mol. The molecule has 0 saturated carbocycles. The smallest absolute Gasteiger partial charge is 0.416 e. The van der Waals surface area contributed by atoms with E-state index in [1.807, 2.05) is 0 Å². The zero-order valence-electron chi connectivity index (χ0n) is 16.1. The van der Waals surface area contributed by atoms with Crippen molar-refractivity contribution in [1.29, 1.82) is 0 Å². The molecule has 0 aromatic heterocycles. The van der Waals surface area contributed by atoms with Crippen LogP contribution in [0.3, 0.4) is 0 Å². The standard InChI is InChI=1S/C21H24F4N2O2/c1-26-6-8-27(9-7-26)13-19(28)14-29-20-11-16(10-18(22)12-20)15-2-4-17(5-3-15)21(23,24)25/h2-5,10-12,19,28H,6-9,13-14H2,1H3. The van der Waals surface area contributed by atoms with Crippen LogP contribution < -0.4 is 4.74 Å². The van der Waals surface area contributed by atoms with Crippen LogP contribution in [0.2, 0.25) is 0 Å². The molecule has 1 saturated heterocycles. The largest absolute Gasteiger partial charge is 0.491 e. The van der Waals surface area contributed by atoms with Gasteiger partial charge in [0, 0.05) is 38.8 Å². The van der Waals surface area contributed by atoms with Crippen LogP contribution in [-0.4, -0.2) is 67.4 Å². The molecule has 1 aliphatic rings. The summed E-state index contributed by atoms with van der Waals surface area (Å²) in [5.74, 6) is -0.344. The quantitative estimate of drug-likeness (QED) is 0.737. The number of alkyl halides is 3. The highest BCUT2D eigenvalue weighted by atomic mass is 19.4. The molecule has 1 atom stereocenters. The Bertz CT molecular complexity index is 803. The van der Waals surface area contributed by atoms with Crippen LogP contribution in [0.1, 0.15) is 5.56 Å². The number of nitrogens with zero attached hydrogens (tertiary/aromatic N) is 2. The van der Waals surface area contributed by atoms with E-state index < -0.39 is 23.7 Å². The Morgan fingerprint density at radius 2 is 1.66 bits per heavy atom. The van der Waals surface area contributed by atoms with Gasteiger partial charge in [0.15, 0.2) is 0 Å². The molecule has 1 aliphatic heterocycles. The second kappa shape index (κ2) is 9.11. The van der Waals surface area contributed by atoms with Crippen molar-refractivity contribution in [2.45, 2.75) is 12.3 Å². The van der Waals surface area contributed by atoms with Crippen LogP contribution in [0.25, 0.3) is 11.1 Å². The summed E-state index contributed by atoms with van der Waals surface area (Å²) in [5.41, 5.74) is 0.0868. The number of aliphatic hydroxyl groups excluding tert-OH is 1. The maximum Gasteiger partial charge on any atom is 0.416 e. The molecule has 1 fully saturated rings. The van der Waals surface area contributed by atoms with Crippen LogP contribution >= 0.6 is 0 Å². The lowest BCUT2D eigenvalue weighted by atomic mass is 10.0. The third-order valence-electron chi connectivity index (χ3n) is 4.92. The Morgan fingerprint density at radius 3 is 2.28 bits per heavy atom. The summed E-state index contributed by atoms with van der Waals surface area (Å²) in [4.78, 5) is 4.36. The number of rotatable bonds is 6. The van der Waals surface area contributed by atoms with Gasteiger partial charge in [-0.15, -0.1) is 0 Å². The zero-order valence-corrected chi connectivity index (χ0v) is 16.1. The summed E-state index contributed by atoms with van der Waals surface area (Å²) in [5, 5.41) is 10.2. The highest BCUT2D eigenvalue weighted by Gasteiger charge is 2.30. The van der Waals surface area contributed by atoms with Crippen LogP contribution in [0.5, 0.6) is 5.75 Å². The molecule has 29 heavy (non-hydrogen) atoms. The van der Waals surface area contributed by atoms with Gasteiger partial charge in [-0.25, -0.2) is 4.39 Å². The molecular formula is C21H24F4N2O2. The minimum absolute atomic E-state index is 0.00223. The molecule has 4 nitrogen and oxygen atoms in total. The number of hydrogen-bond acceptors (Lipinski definition) is 4. The van der Waals surface area contributed by atoms with Crippen molar-refractivity contribution in [3.63, 3.8) is 0 Å². The number of ether oxygens (including phenoxy) is 1. The van der Waals surface area contributed by atoms with Crippen LogP contribution in [0, 0.1) is 5.82 Å². The van der Waals surface area contributed by atoms with Gasteiger partial charge in [-0.3, -0.25) is 4.90 Å². The van der Waals surface area contributed by atoms with E-state index >= 15 is 0 Å². The van der Waals surface area contributed by atoms with Gasteiger partial charge in [-0.1, -0.05) is 12.1 Å². The Balaban J connectivity index is 1.61. The fraction of sp³-hybridized carbons (Fsp3) is 0.429. The minimum atomic E-state index is -4.42. The first kappa shape index (κ1) is 21.5. The average Bonchev–Trinajstić information content (AvgIpc) is 2.67. The van der Waals surface area contributed by atoms with Crippen LogP contribution in [0.4, 0.5) is 17.6 Å². The number of benzene rings is 2. The molecule has 3 rings (SSSR count). The number of halogens is 4. The van der Waals surface area contributed by atoms with Crippen molar-refractivity contribution >= 4 is 0 Å². The van der Waals surface area contributed by atoms with Crippen molar-refractivity contribution < 1.29 is 27.4 Å². The molecule has 2 aromatic rings. The molecule has 0 bridgehead atoms. The monoisotopic (exact) mass is 412 g/mol. The molecule has 0 aliphatic carbocycles. The summed E-state index contributed by atoms with van der Waals surface area (Å²) in [7, 11) is 2.05. The van der Waals surface area contributed by atoms with Gasteiger partial charge in [0.25, 0.3) is 0 Å². The van der Waals surface area contributed by atoms with Gasteiger partial charge in [0.2, 0.25) is 0 Å². The molecule has 2 aromatic carbocycles. The lowest BCUT2D eigenvalue weighted by molar-refractivity contribution is -0.137. The van der Waals surface area contributed by atoms with E-state index in [1.165, 1.54) is 24.3 Å². The maximum absolute atomic E-state index is 14.0. The molecule has 0 spiro atoms. The zero-order chi connectivity index (χ0) is 21.0. The predicted octanol–water partition coefficient (Wildman–Crippen LogP) is 3.50. The molecule has 1 N–H and O–H groups in total. The molecule has 158 valence electrons. The van der Waals surface area contributed by atoms with Crippen molar-refractivity contribution in [2.24, 2.45) is 0 Å². The molecule has 0 amide bonds. The van der Waals surface area contributed by atoms with Gasteiger partial charge in [0.05, 0.1) is 5.56 Å². The molecule has 1 unspecified atom stereocenters. The van der Waals surface area contributed by atoms with Gasteiger partial charge in [-0.2, -0.15) is 13.2 Å². The second-order valence-electron chi connectivity index (χ2n) is 7.32. The Morgan fingerprint density at radius 1 is 1.00 bits per heavy atom. The topological polar surface area (TPSA) is 35.9 Å². The SMILES string of the molecule is CN1CCN(CC(O)COc2cc(F)cc(-c3ccc(C(F)(F)F)cc3)c2)CC1. The summed E-state index contributed by atoms with van der Waals surface area (Å²) in [6.45, 7) is 4.08. The molecular weight excluding hydrogens is 388 g/mol. The van der Waals surface area contributed by atoms with Crippen molar-refractivity contribution in [2.75, 3.05) is 46.4 Å². The first-order valence-electron chi connectivity index (χ1n) is 9.41. The van der Waals surface area contributed by atoms with E-state index in [9.17, 15) is 22.7 Å². The molecule has 1 heterocycles. The first-order valence-corrected chi connectivity index (χ1v) is 9.41. The number of aliphatic hydroxyl groups is 1. The average molecular weight is 412 g/mol. The number of β-amino-alcohol motifs (C(OH)–C–C–N with tert-alkyl or cyclic N) is 1. The van der Waals surface area contributed by atoms with Crippen molar-refractivity contribution in [1.82, 2.24) is 9.80 Å². The van der Waals surface area contributed by atoms with E-state index in [4.69, 9.17) is 4.74 Å². The van der Waals surface area contributed by atoms with Gasteiger partial charge in [0.1, 0.15) is 24.3 Å². The van der Waals surface area contributed by atoms with Gasteiger partial charge < -0.3 is 14.7 Å². The molecule has 8 heteroatoms. The summed E-state index contributed by atoms with van der Waals surface area (Å²) >= 11 is 0. The summed E-state index contributed by atoms with van der Waals surface area (Å²) < 4.78 is 57.6. The van der Waals surface area contributed by atoms with E-state index in [0.717, 1.165) is 38.3 Å². The minimum Gasteiger partial charge on any atom is -0.491 e. The van der Waals surface area contributed by atoms with Gasteiger partial charge >= 0.3 is 6.18 Å². The lowest BCUT2D eigenvalue weighted by Gasteiger charge is -2.33. The number of hydrogen-bond donors (Lipinski definition) is 1. The van der Waals surface area contributed by atoms with Crippen LogP contribution in [-0.2, 0) is 6.18 Å². The van der Waals surface area contributed by atoms with E-state index in [2.05, 4.69) is 16.8 Å². The number of likely N-dealkylation sites (N-methyl/N-ethyl adjacent to an activating group) is 1. The first-order chi connectivity index (χ1) is 13.7. The summed E-state index contributed by atoms with van der Waals surface area (Å²) in [6, 6.07) is 8.48. The maximum atomic E-state index is 14.0. The van der Waals surface area contributed by atoms with E-state index in [1.54, 1.807) is 6.07 Å². The van der Waals surface area contributed by atoms with E-state index in [-0.39, 0.29) is 12.4 Å². The Labute approximate surface area is 167 Å². The normalized spacial score (nSPS) is 17.3. The third kappa shape index (κ3) is 6.16.